The van der Waals surface area contributed by atoms with E-state index >= 15 is 0 Å². The van der Waals surface area contributed by atoms with Crippen LogP contribution in [0, 0.1) is 17.3 Å². The molecule has 4 heteroatoms. The number of aliphatic carboxylic acids is 2. The Morgan fingerprint density at radius 2 is 1.75 bits per heavy atom. The molecule has 0 spiro atoms. The zero-order chi connectivity index (χ0) is 9.52. The standard InChI is InChI=1S/C8H12O4/c1-8(2)3-4(6(9)10)5(8)7(11)12/h4-5H,3H2,1-2H3,(H,9,10)(H,11,12)/t4-,5-/m1/s1. The summed E-state index contributed by atoms with van der Waals surface area (Å²) in [6.07, 6.45) is 0.458. The van der Waals surface area contributed by atoms with Gasteiger partial charge in [0.2, 0.25) is 0 Å². The van der Waals surface area contributed by atoms with Gasteiger partial charge in [0.1, 0.15) is 0 Å². The third kappa shape index (κ3) is 1.17. The lowest BCUT2D eigenvalue weighted by atomic mass is 9.55. The Morgan fingerprint density at radius 3 is 1.92 bits per heavy atom. The minimum atomic E-state index is -1.00. The summed E-state index contributed by atoms with van der Waals surface area (Å²) < 4.78 is 0. The molecule has 1 aliphatic rings. The van der Waals surface area contributed by atoms with Crippen LogP contribution in [0.25, 0.3) is 0 Å². The van der Waals surface area contributed by atoms with E-state index in [2.05, 4.69) is 0 Å². The Morgan fingerprint density at radius 1 is 1.25 bits per heavy atom. The Bertz CT molecular complexity index is 231. The maximum absolute atomic E-state index is 10.6. The molecule has 68 valence electrons. The summed E-state index contributed by atoms with van der Waals surface area (Å²) in [5.74, 6) is -3.42. The molecule has 4 nitrogen and oxygen atoms in total. The van der Waals surface area contributed by atoms with E-state index in [9.17, 15) is 9.59 Å². The average molecular weight is 172 g/mol. The highest BCUT2D eigenvalue weighted by Gasteiger charge is 2.55. The van der Waals surface area contributed by atoms with E-state index in [1.54, 1.807) is 13.8 Å². The fourth-order valence-electron chi connectivity index (χ4n) is 1.93. The molecule has 0 aliphatic heterocycles. The van der Waals surface area contributed by atoms with Crippen LogP contribution in [0.15, 0.2) is 0 Å². The van der Waals surface area contributed by atoms with Crippen LogP contribution in [0.5, 0.6) is 0 Å². The maximum atomic E-state index is 10.6. The molecule has 0 radical (unpaired) electrons. The first-order valence-corrected chi connectivity index (χ1v) is 3.82. The number of hydrogen-bond donors (Lipinski definition) is 2. The number of hydrogen-bond acceptors (Lipinski definition) is 2. The second-order valence-electron chi connectivity index (χ2n) is 3.95. The Hall–Kier alpha value is -1.06. The zero-order valence-corrected chi connectivity index (χ0v) is 7.07. The van der Waals surface area contributed by atoms with Gasteiger partial charge in [-0.25, -0.2) is 0 Å². The van der Waals surface area contributed by atoms with Crippen molar-refractivity contribution in [2.75, 3.05) is 0 Å². The van der Waals surface area contributed by atoms with Gasteiger partial charge in [-0.1, -0.05) is 13.8 Å². The van der Waals surface area contributed by atoms with Crippen molar-refractivity contribution >= 4 is 11.9 Å². The van der Waals surface area contributed by atoms with E-state index in [-0.39, 0.29) is 5.41 Å². The van der Waals surface area contributed by atoms with E-state index in [0.717, 1.165) is 0 Å². The molecule has 0 amide bonds. The minimum Gasteiger partial charge on any atom is -0.481 e. The van der Waals surface area contributed by atoms with E-state index in [4.69, 9.17) is 10.2 Å². The Labute approximate surface area is 70.2 Å². The topological polar surface area (TPSA) is 74.6 Å². The van der Waals surface area contributed by atoms with Gasteiger partial charge in [0.05, 0.1) is 11.8 Å². The molecule has 0 aromatic rings. The SMILES string of the molecule is CC1(C)C[C@@H](C(=O)O)[C@@H]1C(=O)O. The van der Waals surface area contributed by atoms with Crippen LogP contribution in [0.4, 0.5) is 0 Å². The molecular weight excluding hydrogens is 160 g/mol. The third-order valence-corrected chi connectivity index (χ3v) is 2.57. The molecule has 1 fully saturated rings. The molecule has 0 aromatic carbocycles. The second kappa shape index (κ2) is 2.47. The number of carboxylic acids is 2. The molecular formula is C8H12O4. The number of carboxylic acid groups (broad SMARTS) is 2. The number of carbonyl (C=O) groups is 2. The first kappa shape index (κ1) is 9.03. The highest BCUT2D eigenvalue weighted by Crippen LogP contribution is 2.50. The van der Waals surface area contributed by atoms with Crippen LogP contribution in [0.3, 0.4) is 0 Å². The van der Waals surface area contributed by atoms with Gasteiger partial charge in [-0.3, -0.25) is 9.59 Å². The van der Waals surface area contributed by atoms with E-state index in [1.165, 1.54) is 0 Å². The van der Waals surface area contributed by atoms with E-state index < -0.39 is 23.8 Å². The van der Waals surface area contributed by atoms with Gasteiger partial charge in [0.25, 0.3) is 0 Å². The van der Waals surface area contributed by atoms with Crippen molar-refractivity contribution in [2.45, 2.75) is 20.3 Å². The van der Waals surface area contributed by atoms with E-state index in [0.29, 0.717) is 6.42 Å². The monoisotopic (exact) mass is 172 g/mol. The first-order chi connectivity index (χ1) is 5.36. The predicted octanol–water partition coefficient (Wildman–Crippen LogP) is 0.818. The normalized spacial score (nSPS) is 32.2. The summed E-state index contributed by atoms with van der Waals surface area (Å²) in [6.45, 7) is 3.57. The van der Waals surface area contributed by atoms with Gasteiger partial charge in [-0.2, -0.15) is 0 Å². The molecule has 0 saturated heterocycles. The molecule has 2 atom stereocenters. The van der Waals surface area contributed by atoms with Gasteiger partial charge < -0.3 is 10.2 Å². The molecule has 0 unspecified atom stereocenters. The van der Waals surface area contributed by atoms with Crippen LogP contribution < -0.4 is 0 Å². The van der Waals surface area contributed by atoms with Crippen LogP contribution in [-0.4, -0.2) is 22.2 Å². The van der Waals surface area contributed by atoms with Crippen LogP contribution >= 0.6 is 0 Å². The summed E-state index contributed by atoms with van der Waals surface area (Å²) in [7, 11) is 0. The quantitative estimate of drug-likeness (QED) is 0.646. The molecule has 2 N–H and O–H groups in total. The van der Waals surface area contributed by atoms with Crippen molar-refractivity contribution in [3.8, 4) is 0 Å². The maximum Gasteiger partial charge on any atom is 0.307 e. The van der Waals surface area contributed by atoms with Gasteiger partial charge in [-0.15, -0.1) is 0 Å². The van der Waals surface area contributed by atoms with Gasteiger partial charge in [0.15, 0.2) is 0 Å². The van der Waals surface area contributed by atoms with Crippen LogP contribution in [0.1, 0.15) is 20.3 Å². The minimum absolute atomic E-state index is 0.366. The number of rotatable bonds is 2. The van der Waals surface area contributed by atoms with Crippen molar-refractivity contribution in [1.29, 1.82) is 0 Å². The Balaban J connectivity index is 2.76. The van der Waals surface area contributed by atoms with Crippen molar-refractivity contribution in [2.24, 2.45) is 17.3 Å². The molecule has 12 heavy (non-hydrogen) atoms. The summed E-state index contributed by atoms with van der Waals surface area (Å²) >= 11 is 0. The van der Waals surface area contributed by atoms with Crippen molar-refractivity contribution in [3.05, 3.63) is 0 Å². The molecule has 1 aliphatic carbocycles. The summed E-state index contributed by atoms with van der Waals surface area (Å²) in [5.41, 5.74) is -0.366. The first-order valence-electron chi connectivity index (χ1n) is 3.82. The zero-order valence-electron chi connectivity index (χ0n) is 7.07. The highest BCUT2D eigenvalue weighted by molar-refractivity contribution is 5.82. The smallest absolute Gasteiger partial charge is 0.307 e. The van der Waals surface area contributed by atoms with Crippen molar-refractivity contribution < 1.29 is 19.8 Å². The molecule has 0 bridgehead atoms. The predicted molar refractivity (Wildman–Crippen MR) is 40.6 cm³/mol. The van der Waals surface area contributed by atoms with Gasteiger partial charge >= 0.3 is 11.9 Å². The van der Waals surface area contributed by atoms with Gasteiger partial charge in [-0.05, 0) is 11.8 Å². The molecule has 1 rings (SSSR count). The fraction of sp³-hybridized carbons (Fsp3) is 0.750. The summed E-state index contributed by atoms with van der Waals surface area (Å²) in [5, 5.41) is 17.3. The third-order valence-electron chi connectivity index (χ3n) is 2.57. The van der Waals surface area contributed by atoms with Crippen LogP contribution in [0.2, 0.25) is 0 Å². The van der Waals surface area contributed by atoms with Crippen molar-refractivity contribution in [1.82, 2.24) is 0 Å². The van der Waals surface area contributed by atoms with E-state index in [1.807, 2.05) is 0 Å². The summed E-state index contributed by atoms with van der Waals surface area (Å²) in [4.78, 5) is 21.2. The lowest BCUT2D eigenvalue weighted by molar-refractivity contribution is -0.173. The summed E-state index contributed by atoms with van der Waals surface area (Å²) in [6, 6.07) is 0. The lowest BCUT2D eigenvalue weighted by Crippen LogP contribution is -2.51. The fourth-order valence-corrected chi connectivity index (χ4v) is 1.93. The van der Waals surface area contributed by atoms with Crippen molar-refractivity contribution in [3.63, 3.8) is 0 Å². The lowest BCUT2D eigenvalue weighted by Gasteiger charge is -2.46. The Kier molecular flexibility index (Phi) is 1.86. The van der Waals surface area contributed by atoms with Crippen LogP contribution in [-0.2, 0) is 9.59 Å². The molecule has 0 heterocycles. The van der Waals surface area contributed by atoms with Gasteiger partial charge in [0, 0.05) is 0 Å². The molecule has 0 aromatic heterocycles. The highest BCUT2D eigenvalue weighted by atomic mass is 16.4. The molecule has 1 saturated carbocycles. The second-order valence-corrected chi connectivity index (χ2v) is 3.95. The average Bonchev–Trinajstić information content (AvgIpc) is 1.81. The largest absolute Gasteiger partial charge is 0.481 e.